The molecule has 1 aliphatic rings. The minimum atomic E-state index is -0.671. The summed E-state index contributed by atoms with van der Waals surface area (Å²) in [4.78, 5) is 44.4. The zero-order chi connectivity index (χ0) is 25.2. The highest BCUT2D eigenvalue weighted by molar-refractivity contribution is 5.96. The van der Waals surface area contributed by atoms with Gasteiger partial charge in [0.25, 0.3) is 17.4 Å². The Hall–Kier alpha value is -4.47. The molecule has 0 aliphatic carbocycles. The highest BCUT2D eigenvalue weighted by Gasteiger charge is 2.27. The first kappa shape index (κ1) is 23.3. The van der Waals surface area contributed by atoms with Crippen LogP contribution in [0.3, 0.4) is 0 Å². The van der Waals surface area contributed by atoms with E-state index in [0.717, 1.165) is 6.07 Å². The van der Waals surface area contributed by atoms with Gasteiger partial charge in [-0.05, 0) is 35.9 Å². The topological polar surface area (TPSA) is 99.3 Å². The van der Waals surface area contributed by atoms with Gasteiger partial charge < -0.3 is 9.80 Å². The molecule has 1 N–H and O–H groups in total. The van der Waals surface area contributed by atoms with Crippen LogP contribution in [0.25, 0.3) is 10.8 Å². The molecule has 0 atom stereocenters. The number of nitrogens with zero attached hydrogens (tertiary/aromatic N) is 4. The zero-order valence-electron chi connectivity index (χ0n) is 19.1. The van der Waals surface area contributed by atoms with Gasteiger partial charge in [0, 0.05) is 44.2 Å². The van der Waals surface area contributed by atoms with Crippen LogP contribution < -0.4 is 5.56 Å². The number of hydrogen-bond donors (Lipinski definition) is 1. The maximum atomic E-state index is 14.7. The lowest BCUT2D eigenvalue weighted by Crippen LogP contribution is -2.50. The largest absolute Gasteiger partial charge is 0.335 e. The lowest BCUT2D eigenvalue weighted by Gasteiger charge is -2.35. The van der Waals surface area contributed by atoms with Gasteiger partial charge in [0.2, 0.25) is 5.95 Å². The van der Waals surface area contributed by atoms with Crippen molar-refractivity contribution in [3.63, 3.8) is 0 Å². The second-order valence-corrected chi connectivity index (χ2v) is 8.49. The van der Waals surface area contributed by atoms with Gasteiger partial charge in [-0.1, -0.05) is 24.3 Å². The van der Waals surface area contributed by atoms with Gasteiger partial charge in [-0.3, -0.25) is 14.4 Å². The standard InChI is InChI=1S/C26H21F2N5O3/c27-21-7-5-16(14-22-18-3-1-2-4-19(18)24(34)31-30-22)13-20(21)26(36)33-11-9-32(10-12-33)25(35)17-6-8-23(28)29-15-17/h1-8,13,15H,9-12,14H2,(H,31,34). The SMILES string of the molecule is O=C(c1ccc(F)nc1)N1CCN(C(=O)c2cc(Cc3n[nH]c(=O)c4ccccc34)ccc2F)CC1. The predicted octanol–water partition coefficient (Wildman–Crippen LogP) is 2.79. The van der Waals surface area contributed by atoms with Crippen molar-refractivity contribution in [1.29, 1.82) is 0 Å². The van der Waals surface area contributed by atoms with Crippen molar-refractivity contribution < 1.29 is 18.4 Å². The molecule has 5 rings (SSSR count). The fourth-order valence-electron chi connectivity index (χ4n) is 4.31. The number of hydrogen-bond acceptors (Lipinski definition) is 5. The number of carbonyl (C=O) groups is 2. The number of rotatable bonds is 4. The molecule has 2 aromatic carbocycles. The van der Waals surface area contributed by atoms with Crippen molar-refractivity contribution in [3.8, 4) is 0 Å². The summed E-state index contributed by atoms with van der Waals surface area (Å²) in [5.74, 6) is -2.08. The average molecular weight is 489 g/mol. The first-order chi connectivity index (χ1) is 17.4. The van der Waals surface area contributed by atoms with Crippen LogP contribution >= 0.6 is 0 Å². The molecule has 182 valence electrons. The molecule has 0 unspecified atom stereocenters. The number of pyridine rings is 1. The summed E-state index contributed by atoms with van der Waals surface area (Å²) in [7, 11) is 0. The van der Waals surface area contributed by atoms with Gasteiger partial charge in [0.05, 0.1) is 22.2 Å². The summed E-state index contributed by atoms with van der Waals surface area (Å²) in [6, 6.07) is 13.9. The van der Waals surface area contributed by atoms with E-state index in [0.29, 0.717) is 28.5 Å². The van der Waals surface area contributed by atoms with Gasteiger partial charge >= 0.3 is 0 Å². The molecule has 2 amide bonds. The number of piperazine rings is 1. The molecule has 8 nitrogen and oxygen atoms in total. The Morgan fingerprint density at radius 2 is 1.58 bits per heavy atom. The third-order valence-corrected chi connectivity index (χ3v) is 6.24. The quantitative estimate of drug-likeness (QED) is 0.445. The average Bonchev–Trinajstić information content (AvgIpc) is 2.91. The number of nitrogens with one attached hydrogen (secondary N) is 1. The molecule has 3 heterocycles. The minimum Gasteiger partial charge on any atom is -0.335 e. The van der Waals surface area contributed by atoms with Gasteiger partial charge in [-0.15, -0.1) is 0 Å². The maximum absolute atomic E-state index is 14.7. The van der Waals surface area contributed by atoms with Crippen LogP contribution in [-0.2, 0) is 6.42 Å². The molecular formula is C26H21F2N5O3. The van der Waals surface area contributed by atoms with Gasteiger partial charge in [-0.25, -0.2) is 14.5 Å². The molecule has 10 heteroatoms. The minimum absolute atomic E-state index is 0.0660. The van der Waals surface area contributed by atoms with Crippen molar-refractivity contribution in [1.82, 2.24) is 25.0 Å². The van der Waals surface area contributed by atoms with E-state index in [2.05, 4.69) is 15.2 Å². The fraction of sp³-hybridized carbons (Fsp3) is 0.192. The Kier molecular flexibility index (Phi) is 6.24. The van der Waals surface area contributed by atoms with E-state index in [1.165, 1.54) is 29.3 Å². The van der Waals surface area contributed by atoms with E-state index in [1.54, 1.807) is 29.2 Å². The number of aromatic amines is 1. The van der Waals surface area contributed by atoms with Gasteiger partial charge in [0.1, 0.15) is 5.82 Å². The number of benzene rings is 2. The summed E-state index contributed by atoms with van der Waals surface area (Å²) in [6.45, 7) is 0.983. The Bertz CT molecular complexity index is 1510. The van der Waals surface area contributed by atoms with E-state index in [4.69, 9.17) is 0 Å². The van der Waals surface area contributed by atoms with Crippen molar-refractivity contribution >= 4 is 22.6 Å². The van der Waals surface area contributed by atoms with Crippen LogP contribution in [0.4, 0.5) is 8.78 Å². The molecular weight excluding hydrogens is 468 g/mol. The number of halogens is 2. The smallest absolute Gasteiger partial charge is 0.272 e. The van der Waals surface area contributed by atoms with E-state index in [1.807, 2.05) is 6.07 Å². The fourth-order valence-corrected chi connectivity index (χ4v) is 4.31. The van der Waals surface area contributed by atoms with E-state index in [9.17, 15) is 23.2 Å². The second kappa shape index (κ2) is 9.65. The highest BCUT2D eigenvalue weighted by atomic mass is 19.1. The molecule has 4 aromatic rings. The van der Waals surface area contributed by atoms with Crippen LogP contribution in [0, 0.1) is 11.8 Å². The van der Waals surface area contributed by atoms with E-state index >= 15 is 0 Å². The van der Waals surface area contributed by atoms with Gasteiger partial charge in [-0.2, -0.15) is 9.49 Å². The number of H-pyrrole nitrogens is 1. The highest BCUT2D eigenvalue weighted by Crippen LogP contribution is 2.20. The van der Waals surface area contributed by atoms with Crippen LogP contribution in [0.2, 0.25) is 0 Å². The Morgan fingerprint density at radius 1 is 0.889 bits per heavy atom. The van der Waals surface area contributed by atoms with Crippen LogP contribution in [0.1, 0.15) is 32.0 Å². The first-order valence-corrected chi connectivity index (χ1v) is 11.4. The summed E-state index contributed by atoms with van der Waals surface area (Å²) in [6.07, 6.45) is 1.47. The summed E-state index contributed by atoms with van der Waals surface area (Å²) in [5.41, 5.74) is 1.18. The van der Waals surface area contributed by atoms with Crippen LogP contribution in [-0.4, -0.2) is 63.0 Å². The lowest BCUT2D eigenvalue weighted by molar-refractivity contribution is 0.0532. The second-order valence-electron chi connectivity index (χ2n) is 8.49. The molecule has 0 radical (unpaired) electrons. The number of aromatic nitrogens is 3. The third kappa shape index (κ3) is 4.57. The first-order valence-electron chi connectivity index (χ1n) is 11.4. The summed E-state index contributed by atoms with van der Waals surface area (Å²) in [5, 5.41) is 7.83. The molecule has 1 fully saturated rings. The summed E-state index contributed by atoms with van der Waals surface area (Å²) < 4.78 is 27.7. The van der Waals surface area contributed by atoms with E-state index < -0.39 is 17.7 Å². The molecule has 1 aliphatic heterocycles. The van der Waals surface area contributed by atoms with Gasteiger partial charge in [0.15, 0.2) is 0 Å². The van der Waals surface area contributed by atoms with Crippen molar-refractivity contribution in [2.24, 2.45) is 0 Å². The molecule has 1 saturated heterocycles. The van der Waals surface area contributed by atoms with Crippen LogP contribution in [0.15, 0.2) is 65.6 Å². The molecule has 36 heavy (non-hydrogen) atoms. The predicted molar refractivity (Wildman–Crippen MR) is 128 cm³/mol. The van der Waals surface area contributed by atoms with Crippen molar-refractivity contribution in [2.45, 2.75) is 6.42 Å². The zero-order valence-corrected chi connectivity index (χ0v) is 19.1. The molecule has 0 spiro atoms. The Labute approximate surface area is 204 Å². The lowest BCUT2D eigenvalue weighted by atomic mass is 10.0. The molecule has 0 saturated carbocycles. The Balaban J connectivity index is 1.30. The number of amides is 2. The van der Waals surface area contributed by atoms with Crippen molar-refractivity contribution in [3.05, 3.63) is 105 Å². The summed E-state index contributed by atoms with van der Waals surface area (Å²) >= 11 is 0. The number of fused-ring (bicyclic) bond motifs is 1. The normalized spacial score (nSPS) is 13.7. The van der Waals surface area contributed by atoms with Crippen LogP contribution in [0.5, 0.6) is 0 Å². The van der Waals surface area contributed by atoms with E-state index in [-0.39, 0.29) is 48.8 Å². The molecule has 0 bridgehead atoms. The van der Waals surface area contributed by atoms with Crippen molar-refractivity contribution in [2.75, 3.05) is 26.2 Å². The Morgan fingerprint density at radius 3 is 2.28 bits per heavy atom. The molecule has 2 aromatic heterocycles. The number of carbonyl (C=O) groups excluding carboxylic acids is 2. The maximum Gasteiger partial charge on any atom is 0.272 e. The monoisotopic (exact) mass is 489 g/mol. The third-order valence-electron chi connectivity index (χ3n) is 6.24.